The van der Waals surface area contributed by atoms with E-state index in [1.54, 1.807) is 0 Å². The lowest BCUT2D eigenvalue weighted by molar-refractivity contribution is -0.132. The van der Waals surface area contributed by atoms with Crippen molar-refractivity contribution >= 4 is 11.8 Å². The highest BCUT2D eigenvalue weighted by Gasteiger charge is 2.25. The van der Waals surface area contributed by atoms with Gasteiger partial charge in [0.15, 0.2) is 0 Å². The number of rotatable bonds is 7. The van der Waals surface area contributed by atoms with Gasteiger partial charge in [-0.25, -0.2) is 0 Å². The summed E-state index contributed by atoms with van der Waals surface area (Å²) in [6.07, 6.45) is 4.31. The summed E-state index contributed by atoms with van der Waals surface area (Å²) < 4.78 is 5.64. The summed E-state index contributed by atoms with van der Waals surface area (Å²) in [4.78, 5) is 31.7. The van der Waals surface area contributed by atoms with Crippen molar-refractivity contribution in [3.8, 4) is 5.75 Å². The topological polar surface area (TPSA) is 65.6 Å². The third-order valence-corrected chi connectivity index (χ3v) is 4.79. The Morgan fingerprint density at radius 2 is 1.74 bits per heavy atom. The van der Waals surface area contributed by atoms with Gasteiger partial charge in [-0.1, -0.05) is 13.3 Å². The number of benzene rings is 1. The highest BCUT2D eigenvalue weighted by Crippen LogP contribution is 2.15. The lowest BCUT2D eigenvalue weighted by atomic mass is 10.1. The largest absolute Gasteiger partial charge is 0.494 e. The van der Waals surface area contributed by atoms with Crippen molar-refractivity contribution in [3.05, 3.63) is 53.9 Å². The fourth-order valence-electron chi connectivity index (χ4n) is 3.12. The molecule has 2 amide bonds. The van der Waals surface area contributed by atoms with Gasteiger partial charge in [0.25, 0.3) is 5.91 Å². The highest BCUT2D eigenvalue weighted by molar-refractivity contribution is 5.94. The fourth-order valence-corrected chi connectivity index (χ4v) is 3.12. The molecule has 3 rings (SSSR count). The number of aromatic nitrogens is 1. The minimum Gasteiger partial charge on any atom is -0.494 e. The molecule has 0 spiro atoms. The third-order valence-electron chi connectivity index (χ3n) is 4.79. The molecule has 2 aromatic rings. The molecule has 0 saturated carbocycles. The van der Waals surface area contributed by atoms with Gasteiger partial charge in [-0.05, 0) is 42.8 Å². The monoisotopic (exact) mass is 369 g/mol. The second-order valence-corrected chi connectivity index (χ2v) is 6.77. The number of H-pyrrole nitrogens is 1. The Balaban J connectivity index is 1.48. The molecule has 0 unspecified atom stereocenters. The predicted molar refractivity (Wildman–Crippen MR) is 104 cm³/mol. The Morgan fingerprint density at radius 1 is 1.04 bits per heavy atom. The first-order valence-corrected chi connectivity index (χ1v) is 9.59. The zero-order valence-electron chi connectivity index (χ0n) is 15.8. The van der Waals surface area contributed by atoms with E-state index in [1.165, 1.54) is 0 Å². The summed E-state index contributed by atoms with van der Waals surface area (Å²) in [7, 11) is 0. The molecule has 1 N–H and O–H groups in total. The van der Waals surface area contributed by atoms with Gasteiger partial charge in [0.2, 0.25) is 5.91 Å². The van der Waals surface area contributed by atoms with Crippen LogP contribution in [0.5, 0.6) is 5.75 Å². The minimum atomic E-state index is 0.00609. The third kappa shape index (κ3) is 5.12. The molecule has 0 bridgehead atoms. The lowest BCUT2D eigenvalue weighted by Gasteiger charge is -2.34. The summed E-state index contributed by atoms with van der Waals surface area (Å²) in [6.45, 7) is 5.09. The number of piperazine rings is 1. The van der Waals surface area contributed by atoms with Crippen molar-refractivity contribution in [2.24, 2.45) is 0 Å². The van der Waals surface area contributed by atoms with Crippen molar-refractivity contribution in [1.29, 1.82) is 0 Å². The molecule has 1 fully saturated rings. The SMILES string of the molecule is CCCCOc1ccc(C(=O)N2CCN(C(=O)Cc3ccc[nH]3)CC2)cc1. The number of carbonyl (C=O) groups is 2. The van der Waals surface area contributed by atoms with Crippen molar-refractivity contribution in [2.45, 2.75) is 26.2 Å². The minimum absolute atomic E-state index is 0.00609. The van der Waals surface area contributed by atoms with E-state index in [0.29, 0.717) is 44.8 Å². The number of nitrogens with zero attached hydrogens (tertiary/aromatic N) is 2. The van der Waals surface area contributed by atoms with Gasteiger partial charge in [-0.3, -0.25) is 9.59 Å². The van der Waals surface area contributed by atoms with E-state index >= 15 is 0 Å². The Morgan fingerprint density at radius 3 is 2.37 bits per heavy atom. The number of amides is 2. The summed E-state index contributed by atoms with van der Waals surface area (Å²) in [5, 5.41) is 0. The molecule has 6 heteroatoms. The molecule has 1 saturated heterocycles. The van der Waals surface area contributed by atoms with Gasteiger partial charge in [0.1, 0.15) is 5.75 Å². The molecule has 1 aromatic carbocycles. The highest BCUT2D eigenvalue weighted by atomic mass is 16.5. The number of hydrogen-bond donors (Lipinski definition) is 1. The van der Waals surface area contributed by atoms with Gasteiger partial charge >= 0.3 is 0 Å². The average Bonchev–Trinajstić information content (AvgIpc) is 3.21. The van der Waals surface area contributed by atoms with E-state index in [-0.39, 0.29) is 11.8 Å². The zero-order valence-corrected chi connectivity index (χ0v) is 15.8. The Labute approximate surface area is 160 Å². The molecular formula is C21H27N3O3. The Kier molecular flexibility index (Phi) is 6.52. The number of ether oxygens (including phenoxy) is 1. The normalized spacial score (nSPS) is 14.3. The van der Waals surface area contributed by atoms with Crippen LogP contribution in [0.3, 0.4) is 0 Å². The number of nitrogens with one attached hydrogen (secondary N) is 1. The molecule has 0 atom stereocenters. The quantitative estimate of drug-likeness (QED) is 0.763. The first-order valence-electron chi connectivity index (χ1n) is 9.59. The van der Waals surface area contributed by atoms with Gasteiger partial charge in [0, 0.05) is 43.6 Å². The van der Waals surface area contributed by atoms with Crippen molar-refractivity contribution in [2.75, 3.05) is 32.8 Å². The van der Waals surface area contributed by atoms with E-state index in [9.17, 15) is 9.59 Å². The number of aromatic amines is 1. The first-order chi connectivity index (χ1) is 13.2. The summed E-state index contributed by atoms with van der Waals surface area (Å²) in [5.41, 5.74) is 1.57. The van der Waals surface area contributed by atoms with Gasteiger partial charge in [-0.2, -0.15) is 0 Å². The average molecular weight is 369 g/mol. The fraction of sp³-hybridized carbons (Fsp3) is 0.429. The second kappa shape index (κ2) is 9.26. The van der Waals surface area contributed by atoms with Crippen LogP contribution in [0.2, 0.25) is 0 Å². The molecule has 1 aromatic heterocycles. The van der Waals surface area contributed by atoms with Crippen molar-refractivity contribution < 1.29 is 14.3 Å². The zero-order chi connectivity index (χ0) is 19.1. The van der Waals surface area contributed by atoms with E-state index in [1.807, 2.05) is 52.4 Å². The van der Waals surface area contributed by atoms with E-state index in [4.69, 9.17) is 4.74 Å². The summed E-state index contributed by atoms with van der Waals surface area (Å²) in [6, 6.07) is 11.1. The van der Waals surface area contributed by atoms with Gasteiger partial charge in [0.05, 0.1) is 13.0 Å². The molecule has 1 aliphatic rings. The van der Waals surface area contributed by atoms with Gasteiger partial charge < -0.3 is 19.5 Å². The molecule has 144 valence electrons. The number of carbonyl (C=O) groups excluding carboxylic acids is 2. The van der Waals surface area contributed by atoms with Crippen LogP contribution >= 0.6 is 0 Å². The standard InChI is InChI=1S/C21H27N3O3/c1-2-3-15-27-19-8-6-17(7-9-19)21(26)24-13-11-23(12-14-24)20(25)16-18-5-4-10-22-18/h4-10,22H,2-3,11-16H2,1H3. The molecular weight excluding hydrogens is 342 g/mol. The second-order valence-electron chi connectivity index (χ2n) is 6.77. The summed E-state index contributed by atoms with van der Waals surface area (Å²) in [5.74, 6) is 0.893. The molecule has 1 aliphatic heterocycles. The molecule has 0 aliphatic carbocycles. The predicted octanol–water partition coefficient (Wildman–Crippen LogP) is 2.72. The van der Waals surface area contributed by atoms with Crippen LogP contribution in [0.4, 0.5) is 0 Å². The maximum Gasteiger partial charge on any atom is 0.253 e. The van der Waals surface area contributed by atoms with Gasteiger partial charge in [-0.15, -0.1) is 0 Å². The summed E-state index contributed by atoms with van der Waals surface area (Å²) >= 11 is 0. The van der Waals surface area contributed by atoms with Crippen molar-refractivity contribution in [3.63, 3.8) is 0 Å². The molecule has 6 nitrogen and oxygen atoms in total. The van der Waals surface area contributed by atoms with Crippen LogP contribution in [0.15, 0.2) is 42.6 Å². The van der Waals surface area contributed by atoms with Crippen LogP contribution < -0.4 is 4.74 Å². The smallest absolute Gasteiger partial charge is 0.253 e. The molecule has 27 heavy (non-hydrogen) atoms. The molecule has 0 radical (unpaired) electrons. The van der Waals surface area contributed by atoms with Crippen LogP contribution in [-0.4, -0.2) is 59.4 Å². The number of unbranched alkanes of at least 4 members (excludes halogenated alkanes) is 1. The van der Waals surface area contributed by atoms with Crippen LogP contribution in [0, 0.1) is 0 Å². The number of hydrogen-bond acceptors (Lipinski definition) is 3. The first kappa shape index (κ1) is 19.0. The van der Waals surface area contributed by atoms with Crippen LogP contribution in [0.25, 0.3) is 0 Å². The maximum atomic E-state index is 12.7. The maximum absolute atomic E-state index is 12.7. The van der Waals surface area contributed by atoms with E-state index in [0.717, 1.165) is 24.3 Å². The Hall–Kier alpha value is -2.76. The Bertz CT molecular complexity index is 733. The van der Waals surface area contributed by atoms with E-state index in [2.05, 4.69) is 11.9 Å². The lowest BCUT2D eigenvalue weighted by Crippen LogP contribution is -2.51. The molecule has 2 heterocycles. The van der Waals surface area contributed by atoms with Crippen molar-refractivity contribution in [1.82, 2.24) is 14.8 Å². The van der Waals surface area contributed by atoms with Crippen LogP contribution in [0.1, 0.15) is 35.8 Å². The van der Waals surface area contributed by atoms with Crippen LogP contribution in [-0.2, 0) is 11.2 Å². The van der Waals surface area contributed by atoms with E-state index < -0.39 is 0 Å².